The van der Waals surface area contributed by atoms with E-state index in [1.54, 1.807) is 71.8 Å². The molecule has 3 aromatic carbocycles. The first-order valence-electron chi connectivity index (χ1n) is 12.1. The quantitative estimate of drug-likeness (QED) is 0.351. The molecule has 0 bridgehead atoms. The van der Waals surface area contributed by atoms with Gasteiger partial charge < -0.3 is 4.90 Å². The number of ketones is 2. The minimum atomic E-state index is -0.993. The van der Waals surface area contributed by atoms with Crippen molar-refractivity contribution in [2.75, 3.05) is 4.90 Å². The zero-order valence-electron chi connectivity index (χ0n) is 19.8. The molecule has 0 saturated carbocycles. The van der Waals surface area contributed by atoms with Gasteiger partial charge in [0, 0.05) is 27.9 Å². The van der Waals surface area contributed by atoms with E-state index in [-0.39, 0.29) is 17.3 Å². The van der Waals surface area contributed by atoms with Gasteiger partial charge in [0.05, 0.1) is 23.6 Å². The number of halogens is 2. The highest BCUT2D eigenvalue weighted by molar-refractivity contribution is 6.30. The smallest absolute Gasteiger partial charge is 0.240 e. The third-order valence-corrected chi connectivity index (χ3v) is 7.58. The zero-order valence-corrected chi connectivity index (χ0v) is 20.6. The lowest BCUT2D eigenvalue weighted by atomic mass is 9.85. The highest BCUT2D eigenvalue weighted by Gasteiger charge is 2.63. The number of carbonyl (C=O) groups excluding carboxylic acids is 4. The average Bonchev–Trinajstić information content (AvgIpc) is 3.41. The maximum absolute atomic E-state index is 13.8. The van der Waals surface area contributed by atoms with Crippen LogP contribution in [-0.2, 0) is 9.59 Å². The molecule has 3 heterocycles. The molecular weight excluding hydrogens is 507 g/mol. The molecule has 0 N–H and O–H groups in total. The molecule has 188 valence electrons. The van der Waals surface area contributed by atoms with Crippen LogP contribution >= 0.6 is 11.6 Å². The molecule has 3 aliphatic rings. The number of benzene rings is 3. The van der Waals surface area contributed by atoms with E-state index < -0.39 is 41.6 Å². The molecule has 0 radical (unpaired) electrons. The largest absolute Gasteiger partial charge is 0.359 e. The fraction of sp³-hybridized carbons (Fsp3) is 0.133. The third kappa shape index (κ3) is 3.78. The summed E-state index contributed by atoms with van der Waals surface area (Å²) in [5.74, 6) is -3.99. The summed E-state index contributed by atoms with van der Waals surface area (Å²) >= 11 is 6.01. The SMILES string of the molecule is O=C(C1=C[C@@H]2[C@H]3C(=O)N(c4ccc(F)cc4)C(=O)[C@@H]3[C@H](C(=O)c3ccc(Cl)cc3)N2C=C1)c1ccccc1. The number of carbonyl (C=O) groups is 4. The number of nitrogens with zero attached hydrogens (tertiary/aromatic N) is 2. The van der Waals surface area contributed by atoms with Crippen LogP contribution in [-0.4, -0.2) is 40.4 Å². The standard InChI is InChI=1S/C30H20ClFN2O4/c31-20-8-6-18(7-9-20)28(36)26-25-24(29(37)34(30(25)38)22-12-10-21(32)11-13-22)23-16-19(14-15-33(23)26)27(35)17-4-2-1-3-5-17/h1-16,23-26H/t23-,24-,25+,26-/m1/s1. The summed E-state index contributed by atoms with van der Waals surface area (Å²) < 4.78 is 13.6. The maximum Gasteiger partial charge on any atom is 0.240 e. The molecule has 6 rings (SSSR count). The van der Waals surface area contributed by atoms with Gasteiger partial charge >= 0.3 is 0 Å². The number of hydrogen-bond acceptors (Lipinski definition) is 5. The van der Waals surface area contributed by atoms with Gasteiger partial charge in [0.1, 0.15) is 11.9 Å². The lowest BCUT2D eigenvalue weighted by Crippen LogP contribution is -2.46. The van der Waals surface area contributed by atoms with E-state index in [0.29, 0.717) is 21.7 Å². The normalized spacial score (nSPS) is 23.8. The molecule has 0 spiro atoms. The van der Waals surface area contributed by atoms with Crippen molar-refractivity contribution in [3.8, 4) is 0 Å². The molecule has 0 aliphatic carbocycles. The van der Waals surface area contributed by atoms with Gasteiger partial charge in [-0.15, -0.1) is 0 Å². The summed E-state index contributed by atoms with van der Waals surface area (Å²) in [5, 5.41) is 0.461. The first-order chi connectivity index (χ1) is 18.3. The summed E-state index contributed by atoms with van der Waals surface area (Å²) in [5.41, 5.74) is 1.44. The Morgan fingerprint density at radius 3 is 2.13 bits per heavy atom. The van der Waals surface area contributed by atoms with Crippen LogP contribution in [0.25, 0.3) is 0 Å². The summed E-state index contributed by atoms with van der Waals surface area (Å²) in [7, 11) is 0. The second-order valence-corrected chi connectivity index (χ2v) is 9.86. The van der Waals surface area contributed by atoms with E-state index >= 15 is 0 Å². The Hall–Kier alpha value is -4.36. The summed E-state index contributed by atoms with van der Waals surface area (Å²) in [6.45, 7) is 0. The van der Waals surface area contributed by atoms with Crippen LogP contribution in [0.3, 0.4) is 0 Å². The van der Waals surface area contributed by atoms with Crippen LogP contribution in [0, 0.1) is 17.7 Å². The van der Waals surface area contributed by atoms with Crippen LogP contribution in [0.5, 0.6) is 0 Å². The topological polar surface area (TPSA) is 74.8 Å². The van der Waals surface area contributed by atoms with Gasteiger partial charge in [-0.25, -0.2) is 9.29 Å². The molecule has 2 fully saturated rings. The monoisotopic (exact) mass is 526 g/mol. The third-order valence-electron chi connectivity index (χ3n) is 7.33. The van der Waals surface area contributed by atoms with Crippen molar-refractivity contribution in [2.24, 2.45) is 11.8 Å². The lowest BCUT2D eigenvalue weighted by molar-refractivity contribution is -0.123. The lowest BCUT2D eigenvalue weighted by Gasteiger charge is -2.32. The second kappa shape index (κ2) is 9.19. The van der Waals surface area contributed by atoms with Gasteiger partial charge in [0.15, 0.2) is 11.6 Å². The number of fused-ring (bicyclic) bond motifs is 3. The first kappa shape index (κ1) is 24.0. The summed E-state index contributed by atoms with van der Waals surface area (Å²) in [6, 6.07) is 18.5. The average molecular weight is 527 g/mol. The van der Waals surface area contributed by atoms with Gasteiger partial charge in [0.2, 0.25) is 11.8 Å². The summed E-state index contributed by atoms with van der Waals surface area (Å²) in [6.07, 6.45) is 4.91. The van der Waals surface area contributed by atoms with Crippen molar-refractivity contribution in [3.63, 3.8) is 0 Å². The molecule has 2 saturated heterocycles. The molecule has 2 amide bonds. The van der Waals surface area contributed by atoms with Gasteiger partial charge in [0.25, 0.3) is 0 Å². The van der Waals surface area contributed by atoms with Crippen molar-refractivity contribution in [1.29, 1.82) is 0 Å². The zero-order chi connectivity index (χ0) is 26.6. The van der Waals surface area contributed by atoms with E-state index in [9.17, 15) is 23.6 Å². The Balaban J connectivity index is 1.43. The van der Waals surface area contributed by atoms with E-state index in [2.05, 4.69) is 0 Å². The molecule has 38 heavy (non-hydrogen) atoms. The van der Waals surface area contributed by atoms with E-state index in [4.69, 9.17) is 11.6 Å². The van der Waals surface area contributed by atoms with E-state index in [1.165, 1.54) is 24.3 Å². The molecular formula is C30H20ClFN2O4. The molecule has 8 heteroatoms. The predicted octanol–water partition coefficient (Wildman–Crippen LogP) is 4.86. The van der Waals surface area contributed by atoms with Gasteiger partial charge in [-0.05, 0) is 54.6 Å². The van der Waals surface area contributed by atoms with Crippen LogP contribution in [0.1, 0.15) is 20.7 Å². The van der Waals surface area contributed by atoms with E-state index in [1.807, 2.05) is 6.07 Å². The number of imide groups is 1. The van der Waals surface area contributed by atoms with Crippen molar-refractivity contribution < 1.29 is 23.6 Å². The molecule has 3 aliphatic heterocycles. The van der Waals surface area contributed by atoms with E-state index in [0.717, 1.165) is 4.90 Å². The molecule has 0 unspecified atom stereocenters. The minimum Gasteiger partial charge on any atom is -0.359 e. The first-order valence-corrected chi connectivity index (χ1v) is 12.4. The van der Waals surface area contributed by atoms with Crippen LogP contribution in [0.2, 0.25) is 5.02 Å². The van der Waals surface area contributed by atoms with Crippen molar-refractivity contribution in [3.05, 3.63) is 125 Å². The Morgan fingerprint density at radius 1 is 0.789 bits per heavy atom. The fourth-order valence-electron chi connectivity index (χ4n) is 5.58. The Labute approximate surface area is 222 Å². The number of hydrogen-bond donors (Lipinski definition) is 0. The molecule has 6 nitrogen and oxygen atoms in total. The van der Waals surface area contributed by atoms with Crippen LogP contribution < -0.4 is 4.90 Å². The van der Waals surface area contributed by atoms with Crippen molar-refractivity contribution in [1.82, 2.24) is 4.90 Å². The number of Topliss-reactive ketones (excluding diaryl/α,β-unsaturated/α-hetero) is 2. The van der Waals surface area contributed by atoms with Gasteiger partial charge in [-0.3, -0.25) is 19.2 Å². The summed E-state index contributed by atoms with van der Waals surface area (Å²) in [4.78, 5) is 57.2. The maximum atomic E-state index is 13.8. The van der Waals surface area contributed by atoms with Crippen LogP contribution in [0.4, 0.5) is 10.1 Å². The molecule has 4 atom stereocenters. The van der Waals surface area contributed by atoms with Crippen molar-refractivity contribution >= 4 is 40.7 Å². The number of anilines is 1. The van der Waals surface area contributed by atoms with Crippen LogP contribution in [0.15, 0.2) is 103 Å². The number of rotatable bonds is 5. The Kier molecular flexibility index (Phi) is 5.80. The molecule has 3 aromatic rings. The number of allylic oxidation sites excluding steroid dienone is 2. The second-order valence-electron chi connectivity index (χ2n) is 9.43. The van der Waals surface area contributed by atoms with Gasteiger partial charge in [-0.2, -0.15) is 0 Å². The predicted molar refractivity (Wildman–Crippen MR) is 139 cm³/mol. The number of amides is 2. The minimum absolute atomic E-state index is 0.224. The van der Waals surface area contributed by atoms with Crippen molar-refractivity contribution in [2.45, 2.75) is 12.1 Å². The highest BCUT2D eigenvalue weighted by Crippen LogP contribution is 2.47. The highest BCUT2D eigenvalue weighted by atomic mass is 35.5. The fourth-order valence-corrected chi connectivity index (χ4v) is 5.71. The van der Waals surface area contributed by atoms with Gasteiger partial charge in [-0.1, -0.05) is 48.0 Å². The Morgan fingerprint density at radius 2 is 1.45 bits per heavy atom. The Bertz CT molecular complexity index is 1530. The molecule has 0 aromatic heterocycles.